The molecule has 1 saturated carbocycles. The van der Waals surface area contributed by atoms with E-state index in [4.69, 9.17) is 0 Å². The van der Waals surface area contributed by atoms with Crippen molar-refractivity contribution in [2.75, 3.05) is 6.54 Å². The molecular formula is C20H27NO. The number of phenols is 1. The van der Waals surface area contributed by atoms with Crippen LogP contribution in [-0.2, 0) is 11.8 Å². The molecule has 2 bridgehead atoms. The maximum Gasteiger partial charge on any atom is 0.115 e. The average molecular weight is 297 g/mol. The molecule has 0 spiro atoms. The SMILES string of the molecule is C=C[C@@H](C)N1CC[C@]23CCCC[C@H]2[C@H]1Cc1ccc(O)cc13. The molecule has 4 atom stereocenters. The van der Waals surface area contributed by atoms with Crippen molar-refractivity contribution >= 4 is 0 Å². The number of piperidine rings is 1. The summed E-state index contributed by atoms with van der Waals surface area (Å²) in [5.41, 5.74) is 3.27. The third-order valence-electron chi connectivity index (χ3n) is 6.73. The van der Waals surface area contributed by atoms with Crippen LogP contribution in [-0.4, -0.2) is 28.6 Å². The van der Waals surface area contributed by atoms with Gasteiger partial charge in [-0.25, -0.2) is 0 Å². The van der Waals surface area contributed by atoms with E-state index in [9.17, 15) is 5.11 Å². The molecule has 0 radical (unpaired) electrons. The highest BCUT2D eigenvalue weighted by molar-refractivity contribution is 5.45. The van der Waals surface area contributed by atoms with Crippen molar-refractivity contribution in [1.82, 2.24) is 4.90 Å². The van der Waals surface area contributed by atoms with Crippen LogP contribution in [0.5, 0.6) is 5.75 Å². The van der Waals surface area contributed by atoms with Gasteiger partial charge in [-0.2, -0.15) is 0 Å². The van der Waals surface area contributed by atoms with E-state index in [1.54, 1.807) is 0 Å². The second-order valence-electron chi connectivity index (χ2n) is 7.59. The molecule has 2 nitrogen and oxygen atoms in total. The first-order chi connectivity index (χ1) is 10.7. The number of nitrogens with zero attached hydrogens (tertiary/aromatic N) is 1. The highest BCUT2D eigenvalue weighted by Gasteiger charge is 2.54. The molecule has 2 fully saturated rings. The summed E-state index contributed by atoms with van der Waals surface area (Å²) in [5.74, 6) is 1.20. The summed E-state index contributed by atoms with van der Waals surface area (Å²) < 4.78 is 0. The lowest BCUT2D eigenvalue weighted by atomic mass is 9.52. The number of fused-ring (bicyclic) bond motifs is 1. The second-order valence-corrected chi connectivity index (χ2v) is 7.59. The zero-order valence-electron chi connectivity index (χ0n) is 13.6. The van der Waals surface area contributed by atoms with Crippen molar-refractivity contribution in [2.45, 2.75) is 62.9 Å². The van der Waals surface area contributed by atoms with Crippen molar-refractivity contribution in [3.8, 4) is 5.75 Å². The fraction of sp³-hybridized carbons (Fsp3) is 0.600. The predicted molar refractivity (Wildman–Crippen MR) is 90.2 cm³/mol. The summed E-state index contributed by atoms with van der Waals surface area (Å²) in [6, 6.07) is 7.24. The number of benzene rings is 1. The molecule has 118 valence electrons. The van der Waals surface area contributed by atoms with E-state index in [0.717, 1.165) is 12.3 Å². The lowest BCUT2D eigenvalue weighted by molar-refractivity contribution is -0.0213. The van der Waals surface area contributed by atoms with Gasteiger partial charge in [0.2, 0.25) is 0 Å². The van der Waals surface area contributed by atoms with Crippen LogP contribution < -0.4 is 0 Å². The van der Waals surface area contributed by atoms with Crippen LogP contribution in [0.25, 0.3) is 0 Å². The van der Waals surface area contributed by atoms with E-state index < -0.39 is 0 Å². The van der Waals surface area contributed by atoms with Crippen LogP contribution in [0, 0.1) is 5.92 Å². The molecular weight excluding hydrogens is 270 g/mol. The number of phenolic OH excluding ortho intramolecular Hbond substituents is 1. The topological polar surface area (TPSA) is 23.5 Å². The molecule has 1 aliphatic heterocycles. The molecule has 1 saturated heterocycles. The Labute approximate surface area is 133 Å². The molecule has 0 aromatic heterocycles. The number of hydrogen-bond acceptors (Lipinski definition) is 2. The van der Waals surface area contributed by atoms with Crippen molar-refractivity contribution in [3.63, 3.8) is 0 Å². The van der Waals surface area contributed by atoms with Gasteiger partial charge in [-0.1, -0.05) is 25.0 Å². The second kappa shape index (κ2) is 5.13. The summed E-state index contributed by atoms with van der Waals surface area (Å²) in [7, 11) is 0. The molecule has 1 N–H and O–H groups in total. The Morgan fingerprint density at radius 2 is 2.23 bits per heavy atom. The van der Waals surface area contributed by atoms with E-state index >= 15 is 0 Å². The minimum Gasteiger partial charge on any atom is -0.508 e. The highest BCUT2D eigenvalue weighted by Crippen LogP contribution is 2.56. The first kappa shape index (κ1) is 14.3. The van der Waals surface area contributed by atoms with Gasteiger partial charge < -0.3 is 5.11 Å². The van der Waals surface area contributed by atoms with Crippen LogP contribution >= 0.6 is 0 Å². The van der Waals surface area contributed by atoms with Crippen molar-refractivity contribution < 1.29 is 5.11 Å². The van der Waals surface area contributed by atoms with E-state index in [2.05, 4.69) is 36.6 Å². The van der Waals surface area contributed by atoms with Gasteiger partial charge in [-0.15, -0.1) is 6.58 Å². The smallest absolute Gasteiger partial charge is 0.115 e. The molecule has 0 amide bonds. The fourth-order valence-electron chi connectivity index (χ4n) is 5.66. The first-order valence-corrected chi connectivity index (χ1v) is 8.86. The fourth-order valence-corrected chi connectivity index (χ4v) is 5.66. The standard InChI is InChI=1S/C20H27NO/c1-3-14(2)21-11-10-20-9-5-4-6-17(20)19(21)12-15-7-8-16(22)13-18(15)20/h3,7-8,13-14,17,19,22H,1,4-6,9-12H2,2H3/t14-,17+,19-,20-/m1/s1. The lowest BCUT2D eigenvalue weighted by Gasteiger charge is -2.60. The monoisotopic (exact) mass is 297 g/mol. The Hall–Kier alpha value is -1.28. The Kier molecular flexibility index (Phi) is 3.34. The molecule has 4 rings (SSSR count). The Morgan fingerprint density at radius 1 is 1.36 bits per heavy atom. The largest absolute Gasteiger partial charge is 0.508 e. The quantitative estimate of drug-likeness (QED) is 0.833. The van der Waals surface area contributed by atoms with Crippen molar-refractivity contribution in [1.29, 1.82) is 0 Å². The third kappa shape index (κ3) is 1.89. The van der Waals surface area contributed by atoms with Gasteiger partial charge in [0.05, 0.1) is 0 Å². The van der Waals surface area contributed by atoms with Gasteiger partial charge in [0, 0.05) is 17.5 Å². The zero-order chi connectivity index (χ0) is 15.3. The molecule has 1 aromatic carbocycles. The lowest BCUT2D eigenvalue weighted by Crippen LogP contribution is -2.62. The molecule has 1 heterocycles. The summed E-state index contributed by atoms with van der Waals surface area (Å²) in [5, 5.41) is 10.0. The molecule has 0 unspecified atom stereocenters. The summed E-state index contributed by atoms with van der Waals surface area (Å²) in [4.78, 5) is 2.69. The van der Waals surface area contributed by atoms with Crippen molar-refractivity contribution in [3.05, 3.63) is 42.0 Å². The normalized spacial score (nSPS) is 35.3. The maximum atomic E-state index is 10.0. The molecule has 2 aliphatic carbocycles. The van der Waals surface area contributed by atoms with Gasteiger partial charge in [0.25, 0.3) is 0 Å². The Balaban J connectivity index is 1.83. The molecule has 2 heteroatoms. The van der Waals surface area contributed by atoms with Crippen LogP contribution in [0.2, 0.25) is 0 Å². The summed E-state index contributed by atoms with van der Waals surface area (Å²) in [6.45, 7) is 7.48. The Morgan fingerprint density at radius 3 is 3.05 bits per heavy atom. The van der Waals surface area contributed by atoms with E-state index in [-0.39, 0.29) is 0 Å². The molecule has 1 aromatic rings. The van der Waals surface area contributed by atoms with Gasteiger partial charge in [-0.3, -0.25) is 4.90 Å². The van der Waals surface area contributed by atoms with E-state index in [1.165, 1.54) is 49.8 Å². The van der Waals surface area contributed by atoms with E-state index in [1.807, 2.05) is 6.07 Å². The highest BCUT2D eigenvalue weighted by atomic mass is 16.3. The van der Waals surface area contributed by atoms with Crippen LogP contribution in [0.1, 0.15) is 50.2 Å². The van der Waals surface area contributed by atoms with Gasteiger partial charge >= 0.3 is 0 Å². The van der Waals surface area contributed by atoms with Crippen LogP contribution in [0.15, 0.2) is 30.9 Å². The number of likely N-dealkylation sites (tertiary alicyclic amines) is 1. The first-order valence-electron chi connectivity index (χ1n) is 8.86. The van der Waals surface area contributed by atoms with Gasteiger partial charge in [0.1, 0.15) is 5.75 Å². The molecule has 3 aliphatic rings. The van der Waals surface area contributed by atoms with Crippen molar-refractivity contribution in [2.24, 2.45) is 5.92 Å². The van der Waals surface area contributed by atoms with Crippen LogP contribution in [0.3, 0.4) is 0 Å². The third-order valence-corrected chi connectivity index (χ3v) is 6.73. The Bertz CT molecular complexity index is 595. The molecule has 22 heavy (non-hydrogen) atoms. The van der Waals surface area contributed by atoms with Gasteiger partial charge in [-0.05, 0) is 68.3 Å². The van der Waals surface area contributed by atoms with Crippen LogP contribution in [0.4, 0.5) is 0 Å². The van der Waals surface area contributed by atoms with Gasteiger partial charge in [0.15, 0.2) is 0 Å². The van der Waals surface area contributed by atoms with E-state index in [0.29, 0.717) is 23.2 Å². The number of rotatable bonds is 2. The minimum absolute atomic E-state index is 0.326. The summed E-state index contributed by atoms with van der Waals surface area (Å²) in [6.07, 6.45) is 9.84. The number of hydrogen-bond donors (Lipinski definition) is 1. The number of aromatic hydroxyl groups is 1. The predicted octanol–water partition coefficient (Wildman–Crippen LogP) is 4.03. The summed E-state index contributed by atoms with van der Waals surface area (Å²) >= 11 is 0. The maximum absolute atomic E-state index is 10.0. The average Bonchev–Trinajstić information content (AvgIpc) is 2.55. The zero-order valence-corrected chi connectivity index (χ0v) is 13.6. The minimum atomic E-state index is 0.326.